The van der Waals surface area contributed by atoms with Crippen molar-refractivity contribution in [3.05, 3.63) is 12.2 Å². The van der Waals surface area contributed by atoms with E-state index in [4.69, 9.17) is 38.0 Å². The fourth-order valence-electron chi connectivity index (χ4n) is 1.83. The Morgan fingerprint density at radius 1 is 1.25 bits per heavy atom. The lowest BCUT2D eigenvalue weighted by atomic mass is 9.97. The van der Waals surface area contributed by atoms with Crippen LogP contribution in [0.15, 0.2) is 12.2 Å². The first kappa shape index (κ1) is 14.4. The van der Waals surface area contributed by atoms with Crippen LogP contribution in [0.25, 0.3) is 0 Å². The smallest absolute Gasteiger partial charge is 0.384 e. The van der Waals surface area contributed by atoms with Gasteiger partial charge in [0.05, 0.1) is 0 Å². The summed E-state index contributed by atoms with van der Waals surface area (Å²) in [6.07, 6.45) is 4.26. The topological polar surface area (TPSA) is 26.3 Å². The summed E-state index contributed by atoms with van der Waals surface area (Å²) < 4.78 is 5.43. The Morgan fingerprint density at radius 3 is 2.12 bits per heavy atom. The monoisotopic (exact) mass is 300 g/mol. The van der Waals surface area contributed by atoms with Crippen LogP contribution in [0.5, 0.6) is 0 Å². The van der Waals surface area contributed by atoms with E-state index >= 15 is 0 Å². The van der Waals surface area contributed by atoms with Crippen LogP contribution in [0.4, 0.5) is 0 Å². The van der Waals surface area contributed by atoms with Crippen LogP contribution >= 0.6 is 33.2 Å². The molecule has 0 bridgehead atoms. The lowest BCUT2D eigenvalue weighted by Crippen LogP contribution is -2.52. The van der Waals surface area contributed by atoms with Gasteiger partial charge < -0.3 is 4.74 Å². The molecule has 2 nitrogen and oxygen atoms in total. The molecule has 0 amide bonds. The van der Waals surface area contributed by atoms with Crippen molar-refractivity contribution in [2.45, 2.75) is 44.3 Å². The van der Waals surface area contributed by atoms with E-state index in [2.05, 4.69) is 6.58 Å². The van der Waals surface area contributed by atoms with Crippen LogP contribution in [0.1, 0.15) is 39.0 Å². The van der Waals surface area contributed by atoms with Gasteiger partial charge in [-0.3, -0.25) is 0 Å². The van der Waals surface area contributed by atoms with Crippen LogP contribution in [0.3, 0.4) is 0 Å². The normalized spacial score (nSPS) is 20.2. The molecule has 0 atom stereocenters. The lowest BCUT2D eigenvalue weighted by Gasteiger charge is -2.40. The van der Waals surface area contributed by atoms with Crippen molar-refractivity contribution in [2.24, 2.45) is 0 Å². The summed E-state index contributed by atoms with van der Waals surface area (Å²) >= 11 is 18.2. The molecule has 0 aliphatic heterocycles. The molecule has 1 saturated carbocycles. The van der Waals surface area contributed by atoms with Gasteiger partial charge in [-0.2, -0.15) is 0 Å². The Hall–Kier alpha value is 0.297. The maximum Gasteiger partial charge on any atom is 0.384 e. The zero-order valence-corrected chi connectivity index (χ0v) is 12.5. The van der Waals surface area contributed by atoms with E-state index in [0.29, 0.717) is 18.4 Å². The van der Waals surface area contributed by atoms with Gasteiger partial charge >= 0.3 is 12.0 Å². The number of ether oxygens (including phenoxy) is 1. The second-order valence-corrected chi connectivity index (χ2v) is 13.0. The molecule has 1 aliphatic carbocycles. The summed E-state index contributed by atoms with van der Waals surface area (Å²) in [6, 6.07) is -3.08. The molecular weight excluding hydrogens is 287 g/mol. The zero-order chi connectivity index (χ0) is 12.4. The minimum atomic E-state index is -3.08. The third kappa shape index (κ3) is 3.16. The fourth-order valence-corrected chi connectivity index (χ4v) is 5.01. The highest BCUT2D eigenvalue weighted by Crippen LogP contribution is 2.45. The minimum absolute atomic E-state index is 0.341. The quantitative estimate of drug-likeness (QED) is 0.341. The maximum atomic E-state index is 11.6. The summed E-state index contributed by atoms with van der Waals surface area (Å²) in [6.45, 7) is 5.14. The predicted octanol–water partition coefficient (Wildman–Crippen LogP) is 4.00. The molecule has 1 rings (SSSR count). The molecule has 0 saturated heterocycles. The van der Waals surface area contributed by atoms with Gasteiger partial charge in [-0.05, 0) is 32.6 Å². The van der Waals surface area contributed by atoms with Crippen molar-refractivity contribution in [3.8, 4) is 0 Å². The van der Waals surface area contributed by atoms with Gasteiger partial charge in [0.1, 0.15) is 5.22 Å². The average Bonchev–Trinajstić information content (AvgIpc) is 2.17. The maximum absolute atomic E-state index is 11.6. The number of carbonyl (C=O) groups excluding carboxylic acids is 1. The molecule has 0 N–H and O–H groups in total. The van der Waals surface area contributed by atoms with Crippen LogP contribution < -0.4 is 0 Å². The van der Waals surface area contributed by atoms with Crippen molar-refractivity contribution in [3.63, 3.8) is 0 Å². The Morgan fingerprint density at radius 2 is 1.75 bits per heavy atom. The predicted molar refractivity (Wildman–Crippen MR) is 70.0 cm³/mol. The molecule has 6 heteroatoms. The molecular formula is C10H15Cl3O2Si. The first-order chi connectivity index (χ1) is 7.28. The molecule has 0 aromatic rings. The number of hydrogen-bond acceptors (Lipinski definition) is 2. The first-order valence-corrected chi connectivity index (χ1v) is 10.3. The SMILES string of the molecule is C=C(C)C(=O)OC1([Si](Cl)(Cl)Cl)CCCCC1. The highest BCUT2D eigenvalue weighted by molar-refractivity contribution is 7.65. The van der Waals surface area contributed by atoms with E-state index in [1.54, 1.807) is 6.92 Å². The van der Waals surface area contributed by atoms with Crippen LogP contribution in [-0.4, -0.2) is 17.2 Å². The van der Waals surface area contributed by atoms with Gasteiger partial charge in [0.25, 0.3) is 0 Å². The largest absolute Gasteiger partial charge is 0.455 e. The third-order valence-electron chi connectivity index (χ3n) is 2.81. The third-order valence-corrected chi connectivity index (χ3v) is 7.55. The second-order valence-electron chi connectivity index (χ2n) is 4.22. The van der Waals surface area contributed by atoms with E-state index in [1.165, 1.54) is 0 Å². The highest BCUT2D eigenvalue weighted by Gasteiger charge is 2.55. The summed E-state index contributed by atoms with van der Waals surface area (Å²) in [5, 5.41) is -0.855. The Balaban J connectivity index is 2.87. The number of rotatable bonds is 3. The lowest BCUT2D eigenvalue weighted by molar-refractivity contribution is -0.149. The van der Waals surface area contributed by atoms with Crippen molar-refractivity contribution in [1.29, 1.82) is 0 Å². The number of halogens is 3. The summed E-state index contributed by atoms with van der Waals surface area (Å²) in [5.74, 6) is -0.458. The number of esters is 1. The summed E-state index contributed by atoms with van der Waals surface area (Å²) in [7, 11) is 0. The van der Waals surface area contributed by atoms with Gasteiger partial charge in [-0.1, -0.05) is 13.0 Å². The van der Waals surface area contributed by atoms with E-state index < -0.39 is 17.2 Å². The summed E-state index contributed by atoms with van der Waals surface area (Å²) in [5.41, 5.74) is 0.341. The zero-order valence-electron chi connectivity index (χ0n) is 9.19. The van der Waals surface area contributed by atoms with Gasteiger partial charge in [0.15, 0.2) is 0 Å². The average molecular weight is 302 g/mol. The van der Waals surface area contributed by atoms with Gasteiger partial charge in [-0.15, -0.1) is 33.2 Å². The number of hydrogen-bond donors (Lipinski definition) is 0. The van der Waals surface area contributed by atoms with Crippen LogP contribution in [0, 0.1) is 0 Å². The highest BCUT2D eigenvalue weighted by atomic mass is 35.8. The minimum Gasteiger partial charge on any atom is -0.455 e. The molecule has 0 unspecified atom stereocenters. The van der Waals surface area contributed by atoms with Gasteiger partial charge in [0, 0.05) is 5.57 Å². The van der Waals surface area contributed by atoms with Gasteiger partial charge in [0.2, 0.25) is 0 Å². The molecule has 0 heterocycles. The Kier molecular flexibility index (Phi) is 4.75. The standard InChI is InChI=1S/C10H15Cl3O2Si/c1-8(2)9(14)15-10(16(11,12)13)6-4-3-5-7-10/h1,3-7H2,2H3. The Bertz CT molecular complexity index is 293. The van der Waals surface area contributed by atoms with E-state index in [-0.39, 0.29) is 0 Å². The molecule has 92 valence electrons. The second kappa shape index (κ2) is 5.30. The van der Waals surface area contributed by atoms with E-state index in [0.717, 1.165) is 19.3 Å². The van der Waals surface area contributed by atoms with Crippen molar-refractivity contribution >= 4 is 45.2 Å². The van der Waals surface area contributed by atoms with Crippen molar-refractivity contribution < 1.29 is 9.53 Å². The molecule has 0 spiro atoms. The van der Waals surface area contributed by atoms with Crippen molar-refractivity contribution in [2.75, 3.05) is 0 Å². The Labute approximate surface area is 111 Å². The fraction of sp³-hybridized carbons (Fsp3) is 0.700. The molecule has 0 aromatic carbocycles. The number of carbonyl (C=O) groups is 1. The molecule has 16 heavy (non-hydrogen) atoms. The molecule has 0 aromatic heterocycles. The van der Waals surface area contributed by atoms with Crippen molar-refractivity contribution in [1.82, 2.24) is 0 Å². The van der Waals surface area contributed by atoms with Crippen LogP contribution in [0.2, 0.25) is 0 Å². The van der Waals surface area contributed by atoms with Crippen LogP contribution in [-0.2, 0) is 9.53 Å². The van der Waals surface area contributed by atoms with E-state index in [1.807, 2.05) is 0 Å². The first-order valence-electron chi connectivity index (χ1n) is 5.24. The molecule has 1 fully saturated rings. The summed E-state index contributed by atoms with van der Waals surface area (Å²) in [4.78, 5) is 11.6. The molecule has 0 radical (unpaired) electrons. The van der Waals surface area contributed by atoms with Gasteiger partial charge in [-0.25, -0.2) is 4.79 Å². The van der Waals surface area contributed by atoms with E-state index in [9.17, 15) is 4.79 Å². The molecule has 1 aliphatic rings.